The predicted octanol–water partition coefficient (Wildman–Crippen LogP) is 2.79. The van der Waals surface area contributed by atoms with Crippen molar-refractivity contribution in [3.63, 3.8) is 0 Å². The summed E-state index contributed by atoms with van der Waals surface area (Å²) >= 11 is 3.49. The number of carbonyl (C=O) groups excluding carboxylic acids is 1. The molecule has 130 valence electrons. The first-order valence-corrected chi connectivity index (χ1v) is 10.2. The molecule has 5 nitrogen and oxygen atoms in total. The van der Waals surface area contributed by atoms with Crippen LogP contribution in [0.4, 0.5) is 0 Å². The smallest absolute Gasteiger partial charge is 0.228 e. The van der Waals surface area contributed by atoms with E-state index >= 15 is 0 Å². The van der Waals surface area contributed by atoms with Crippen LogP contribution in [0.25, 0.3) is 10.2 Å². The fourth-order valence-corrected chi connectivity index (χ4v) is 5.62. The second-order valence-electron chi connectivity index (χ2n) is 6.83. The van der Waals surface area contributed by atoms with Gasteiger partial charge >= 0.3 is 0 Å². The number of thiazole rings is 1. The molecule has 1 aromatic carbocycles. The van der Waals surface area contributed by atoms with E-state index in [4.69, 9.17) is 4.74 Å². The Bertz CT molecular complexity index is 839. The Hall–Kier alpha value is -1.41. The molecule has 4 heterocycles. The highest BCUT2D eigenvalue weighted by molar-refractivity contribution is 7.97. The predicted molar refractivity (Wildman–Crippen MR) is 99.6 cm³/mol. The van der Waals surface area contributed by atoms with Crippen molar-refractivity contribution in [1.29, 1.82) is 0 Å². The van der Waals surface area contributed by atoms with E-state index in [0.29, 0.717) is 6.61 Å². The van der Waals surface area contributed by atoms with E-state index in [-0.39, 0.29) is 11.8 Å². The zero-order valence-electron chi connectivity index (χ0n) is 13.8. The van der Waals surface area contributed by atoms with Crippen LogP contribution >= 0.6 is 23.3 Å². The Morgan fingerprint density at radius 1 is 1.24 bits per heavy atom. The van der Waals surface area contributed by atoms with Gasteiger partial charge in [0.25, 0.3) is 0 Å². The molecule has 0 radical (unpaired) electrons. The molecule has 1 saturated heterocycles. The van der Waals surface area contributed by atoms with Gasteiger partial charge < -0.3 is 9.64 Å². The van der Waals surface area contributed by atoms with Gasteiger partial charge in [-0.3, -0.25) is 4.79 Å². The Morgan fingerprint density at radius 2 is 2.08 bits per heavy atom. The normalized spacial score (nSPS) is 23.8. The van der Waals surface area contributed by atoms with Crippen molar-refractivity contribution >= 4 is 39.4 Å². The van der Waals surface area contributed by atoms with Crippen LogP contribution in [-0.2, 0) is 9.53 Å². The maximum atomic E-state index is 12.5. The molecule has 1 unspecified atom stereocenters. The summed E-state index contributed by atoms with van der Waals surface area (Å²) < 4.78 is 9.00. The van der Waals surface area contributed by atoms with Crippen LogP contribution in [-0.4, -0.2) is 59.5 Å². The van der Waals surface area contributed by atoms with Gasteiger partial charge in [0.15, 0.2) is 0 Å². The third-order valence-corrected chi connectivity index (χ3v) is 6.90. The summed E-state index contributed by atoms with van der Waals surface area (Å²) in [7, 11) is 0. The monoisotopic (exact) mass is 373 g/mol. The average Bonchev–Trinajstić information content (AvgIpc) is 3.37. The van der Waals surface area contributed by atoms with Crippen molar-refractivity contribution in [2.24, 2.45) is 5.92 Å². The summed E-state index contributed by atoms with van der Waals surface area (Å²) in [5.41, 5.74) is 5.82. The van der Waals surface area contributed by atoms with Crippen LogP contribution < -0.4 is 0 Å². The van der Waals surface area contributed by atoms with Gasteiger partial charge in [-0.05, 0) is 47.7 Å². The molecule has 3 aliphatic heterocycles. The maximum Gasteiger partial charge on any atom is 0.228 e. The number of nitrogens with zero attached hydrogens (tertiary/aromatic N) is 3. The van der Waals surface area contributed by atoms with Crippen molar-refractivity contribution in [3.05, 3.63) is 34.9 Å². The van der Waals surface area contributed by atoms with Crippen molar-refractivity contribution in [2.45, 2.75) is 11.3 Å². The highest BCUT2D eigenvalue weighted by atomic mass is 32.2. The van der Waals surface area contributed by atoms with Gasteiger partial charge in [0, 0.05) is 37.7 Å². The molecule has 2 aromatic rings. The SMILES string of the molecule is O=C(C1CCOC1)N1CC2=C(CN(Sc3ccc4ncsc4c3)C2)C1. The summed E-state index contributed by atoms with van der Waals surface area (Å²) in [6.07, 6.45) is 0.877. The lowest BCUT2D eigenvalue weighted by molar-refractivity contribution is -0.134. The van der Waals surface area contributed by atoms with Gasteiger partial charge in [-0.25, -0.2) is 9.29 Å². The first kappa shape index (κ1) is 15.8. The molecule has 0 aliphatic carbocycles. The summed E-state index contributed by atoms with van der Waals surface area (Å²) in [5.74, 6) is 0.360. The van der Waals surface area contributed by atoms with E-state index in [1.54, 1.807) is 11.3 Å². The number of rotatable bonds is 3. The summed E-state index contributed by atoms with van der Waals surface area (Å²) in [4.78, 5) is 20.2. The molecule has 1 aromatic heterocycles. The first-order chi connectivity index (χ1) is 12.3. The molecule has 0 spiro atoms. The lowest BCUT2D eigenvalue weighted by Gasteiger charge is -2.24. The van der Waals surface area contributed by atoms with Crippen LogP contribution in [0.2, 0.25) is 0 Å². The van der Waals surface area contributed by atoms with E-state index in [1.807, 2.05) is 22.4 Å². The number of ether oxygens (including phenoxy) is 1. The van der Waals surface area contributed by atoms with Crippen molar-refractivity contribution in [3.8, 4) is 0 Å². The lowest BCUT2D eigenvalue weighted by atomic mass is 10.1. The Kier molecular flexibility index (Phi) is 4.04. The highest BCUT2D eigenvalue weighted by Crippen LogP contribution is 2.35. The average molecular weight is 374 g/mol. The number of hydrogen-bond donors (Lipinski definition) is 0. The van der Waals surface area contributed by atoms with Gasteiger partial charge in [0.1, 0.15) is 0 Å². The van der Waals surface area contributed by atoms with Crippen molar-refractivity contribution in [1.82, 2.24) is 14.2 Å². The fraction of sp³-hybridized carbons (Fsp3) is 0.444. The second kappa shape index (κ2) is 6.39. The molecule has 5 rings (SSSR count). The van der Waals surface area contributed by atoms with E-state index in [0.717, 1.165) is 44.7 Å². The number of fused-ring (bicyclic) bond motifs is 1. The standard InChI is InChI=1S/C18H19N3O2S2/c22-18(12-3-4-23-10-12)20-6-13-8-21(9-14(13)7-20)25-15-1-2-16-17(5-15)24-11-19-16/h1-2,5,11-12H,3-4,6-10H2. The van der Waals surface area contributed by atoms with Crippen LogP contribution in [0.1, 0.15) is 6.42 Å². The van der Waals surface area contributed by atoms with E-state index in [2.05, 4.69) is 27.5 Å². The minimum Gasteiger partial charge on any atom is -0.381 e. The zero-order valence-corrected chi connectivity index (χ0v) is 15.4. The van der Waals surface area contributed by atoms with Crippen LogP contribution in [0.3, 0.4) is 0 Å². The van der Waals surface area contributed by atoms with Crippen LogP contribution in [0.15, 0.2) is 39.8 Å². The Balaban J connectivity index is 1.20. The Labute approximate surface area is 154 Å². The summed E-state index contributed by atoms with van der Waals surface area (Å²) in [6, 6.07) is 6.46. The molecule has 1 amide bonds. The lowest BCUT2D eigenvalue weighted by Crippen LogP contribution is -2.37. The van der Waals surface area contributed by atoms with E-state index < -0.39 is 0 Å². The summed E-state index contributed by atoms with van der Waals surface area (Å²) in [6.45, 7) is 4.83. The number of aromatic nitrogens is 1. The molecule has 0 N–H and O–H groups in total. The molecule has 3 aliphatic rings. The van der Waals surface area contributed by atoms with Gasteiger partial charge in [-0.1, -0.05) is 0 Å². The van der Waals surface area contributed by atoms with E-state index in [1.165, 1.54) is 20.7 Å². The van der Waals surface area contributed by atoms with Gasteiger partial charge in [0.2, 0.25) is 5.91 Å². The third kappa shape index (κ3) is 2.99. The van der Waals surface area contributed by atoms with E-state index in [9.17, 15) is 4.79 Å². The number of hydrogen-bond acceptors (Lipinski definition) is 6. The molecule has 0 saturated carbocycles. The zero-order chi connectivity index (χ0) is 16.8. The molecule has 1 fully saturated rings. The highest BCUT2D eigenvalue weighted by Gasteiger charge is 2.36. The molecule has 1 atom stereocenters. The number of carbonyl (C=O) groups is 1. The van der Waals surface area contributed by atoms with Crippen molar-refractivity contribution < 1.29 is 9.53 Å². The quantitative estimate of drug-likeness (QED) is 0.612. The number of benzene rings is 1. The third-order valence-electron chi connectivity index (χ3n) is 5.13. The van der Waals surface area contributed by atoms with Gasteiger partial charge in [-0.2, -0.15) is 0 Å². The van der Waals surface area contributed by atoms with Gasteiger partial charge in [-0.15, -0.1) is 11.3 Å². The number of amides is 1. The first-order valence-electron chi connectivity index (χ1n) is 8.59. The van der Waals surface area contributed by atoms with Crippen LogP contribution in [0, 0.1) is 5.92 Å². The second-order valence-corrected chi connectivity index (χ2v) is 8.89. The summed E-state index contributed by atoms with van der Waals surface area (Å²) in [5, 5.41) is 0. The van der Waals surface area contributed by atoms with Crippen LogP contribution in [0.5, 0.6) is 0 Å². The van der Waals surface area contributed by atoms with Gasteiger partial charge in [0.05, 0.1) is 28.3 Å². The topological polar surface area (TPSA) is 45.7 Å². The molecular formula is C18H19N3O2S2. The molecule has 25 heavy (non-hydrogen) atoms. The Morgan fingerprint density at radius 3 is 2.84 bits per heavy atom. The fourth-order valence-electron chi connectivity index (χ4n) is 3.79. The van der Waals surface area contributed by atoms with Crippen molar-refractivity contribution in [2.75, 3.05) is 39.4 Å². The molecule has 0 bridgehead atoms. The molecular weight excluding hydrogens is 354 g/mol. The molecule has 7 heteroatoms. The largest absolute Gasteiger partial charge is 0.381 e. The maximum absolute atomic E-state index is 12.5. The minimum atomic E-state index is 0.0802. The minimum absolute atomic E-state index is 0.0802.